The molecule has 20 heavy (non-hydrogen) atoms. The van der Waals surface area contributed by atoms with Gasteiger partial charge in [-0.05, 0) is 0 Å². The summed E-state index contributed by atoms with van der Waals surface area (Å²) in [7, 11) is 0. The molecule has 2 amide bonds. The molecule has 0 aliphatic carbocycles. The van der Waals surface area contributed by atoms with Crippen molar-refractivity contribution in [1.82, 2.24) is 15.1 Å². The van der Waals surface area contributed by atoms with Crippen LogP contribution in [0.3, 0.4) is 0 Å². The number of hydrogen-bond acceptors (Lipinski definition) is 4. The molecule has 1 fully saturated rings. The minimum atomic E-state index is -0.661. The first kappa shape index (κ1) is 25.5. The van der Waals surface area contributed by atoms with E-state index in [4.69, 9.17) is 0 Å². The van der Waals surface area contributed by atoms with E-state index in [-0.39, 0.29) is 70.6 Å². The minimum absolute atomic E-state index is 0. The molecule has 1 heterocycles. The van der Waals surface area contributed by atoms with Crippen LogP contribution in [-0.4, -0.2) is 67.5 Å². The van der Waals surface area contributed by atoms with Gasteiger partial charge in [-0.1, -0.05) is 20.5 Å². The van der Waals surface area contributed by atoms with E-state index in [1.807, 2.05) is 13.8 Å². The van der Waals surface area contributed by atoms with Crippen LogP contribution in [0.25, 0.3) is 0 Å². The molecule has 0 bridgehead atoms. The molecule has 1 rings (SSSR count). The SMILES string of the molecule is CC.CC(=O)NCCN1CCN(C(=O)C[O-])CC1.[CH3-].[K+]. The zero-order chi connectivity index (χ0) is 14.0. The Morgan fingerprint density at radius 2 is 1.65 bits per heavy atom. The van der Waals surface area contributed by atoms with E-state index >= 15 is 0 Å². The first-order valence-electron chi connectivity index (χ1n) is 6.46. The molecule has 0 aromatic carbocycles. The summed E-state index contributed by atoms with van der Waals surface area (Å²) in [6, 6.07) is 0. The van der Waals surface area contributed by atoms with Crippen molar-refractivity contribution in [2.24, 2.45) is 0 Å². The Hall–Kier alpha value is 0.496. The van der Waals surface area contributed by atoms with Crippen LogP contribution in [0.1, 0.15) is 20.8 Å². The Bertz CT molecular complexity index is 257. The summed E-state index contributed by atoms with van der Waals surface area (Å²) in [4.78, 5) is 25.5. The minimum Gasteiger partial charge on any atom is -0.848 e. The molecule has 1 N–H and O–H groups in total. The van der Waals surface area contributed by atoms with E-state index in [9.17, 15) is 14.7 Å². The summed E-state index contributed by atoms with van der Waals surface area (Å²) in [5.74, 6) is -0.346. The second-order valence-electron chi connectivity index (χ2n) is 3.85. The number of hydrogen-bond donors (Lipinski definition) is 1. The molecular weight excluding hydrogens is 285 g/mol. The van der Waals surface area contributed by atoms with Crippen molar-refractivity contribution >= 4 is 11.8 Å². The van der Waals surface area contributed by atoms with Gasteiger partial charge in [0.05, 0.1) is 0 Å². The topological polar surface area (TPSA) is 75.7 Å². The molecule has 0 atom stereocenters. The number of nitrogens with one attached hydrogen (secondary N) is 1. The summed E-state index contributed by atoms with van der Waals surface area (Å²) in [5, 5.41) is 13.1. The maximum Gasteiger partial charge on any atom is 1.00 e. The second kappa shape index (κ2) is 15.9. The quantitative estimate of drug-likeness (QED) is 0.425. The largest absolute Gasteiger partial charge is 1.00 e. The fraction of sp³-hybridized carbons (Fsp3) is 0.769. The van der Waals surface area contributed by atoms with Gasteiger partial charge in [-0.2, -0.15) is 0 Å². The summed E-state index contributed by atoms with van der Waals surface area (Å²) in [6.45, 7) is 9.01. The van der Waals surface area contributed by atoms with Gasteiger partial charge in [0.1, 0.15) is 0 Å². The van der Waals surface area contributed by atoms with E-state index in [0.717, 1.165) is 19.6 Å². The Labute approximate surface area is 165 Å². The number of carbonyl (C=O) groups is 2. The molecule has 0 saturated carbocycles. The molecule has 0 aromatic heterocycles. The monoisotopic (exact) mass is 312 g/mol. The van der Waals surface area contributed by atoms with Crippen molar-refractivity contribution in [1.29, 1.82) is 0 Å². The number of rotatable bonds is 4. The summed E-state index contributed by atoms with van der Waals surface area (Å²) in [6.07, 6.45) is 0. The summed E-state index contributed by atoms with van der Waals surface area (Å²) < 4.78 is 0. The van der Waals surface area contributed by atoms with Gasteiger partial charge in [-0.25, -0.2) is 0 Å². The molecule has 0 unspecified atom stereocenters. The maximum atomic E-state index is 11.1. The molecule has 0 radical (unpaired) electrons. The normalized spacial score (nSPS) is 14.1. The van der Waals surface area contributed by atoms with Crippen LogP contribution in [0.2, 0.25) is 0 Å². The molecule has 0 spiro atoms. The molecule has 7 heteroatoms. The third kappa shape index (κ3) is 11.2. The fourth-order valence-electron chi connectivity index (χ4n) is 1.70. The van der Waals surface area contributed by atoms with Crippen LogP contribution >= 0.6 is 0 Å². The Morgan fingerprint density at radius 1 is 1.15 bits per heavy atom. The third-order valence-corrected chi connectivity index (χ3v) is 2.65. The van der Waals surface area contributed by atoms with Crippen molar-refractivity contribution in [2.45, 2.75) is 20.8 Å². The third-order valence-electron chi connectivity index (χ3n) is 2.65. The molecule has 1 aliphatic rings. The van der Waals surface area contributed by atoms with Crippen LogP contribution in [0.15, 0.2) is 0 Å². The summed E-state index contributed by atoms with van der Waals surface area (Å²) >= 11 is 0. The number of piperazine rings is 1. The molecule has 0 aromatic rings. The Kier molecular flexibility index (Phi) is 20.2. The molecule has 1 aliphatic heterocycles. The number of carbonyl (C=O) groups excluding carboxylic acids is 2. The predicted molar refractivity (Wildman–Crippen MR) is 74.3 cm³/mol. The smallest absolute Gasteiger partial charge is 0.848 e. The number of amides is 2. The van der Waals surface area contributed by atoms with Crippen molar-refractivity contribution in [3.63, 3.8) is 0 Å². The first-order valence-corrected chi connectivity index (χ1v) is 6.46. The van der Waals surface area contributed by atoms with Gasteiger partial charge in [0.25, 0.3) is 0 Å². The average Bonchev–Trinajstić information content (AvgIpc) is 2.40. The van der Waals surface area contributed by atoms with Crippen LogP contribution in [0, 0.1) is 7.43 Å². The zero-order valence-electron chi connectivity index (χ0n) is 13.6. The standard InChI is InChI=1S/C10H18N3O3.C2H6.CH3.K/c1-9(15)11-2-3-12-4-6-13(7-5-12)10(16)8-14;1-2;;/h2-8H2,1H3,(H,11,15);1-2H3;1H3;/q-1;;-1;+1. The molecular formula is C13H27KN3O3-. The Balaban J connectivity index is -0.000000689. The van der Waals surface area contributed by atoms with Crippen LogP contribution in [0.4, 0.5) is 0 Å². The van der Waals surface area contributed by atoms with Crippen molar-refractivity contribution in [2.75, 3.05) is 45.9 Å². The molecule has 1 saturated heterocycles. The van der Waals surface area contributed by atoms with E-state index < -0.39 is 6.61 Å². The van der Waals surface area contributed by atoms with Crippen molar-refractivity contribution in [3.05, 3.63) is 7.43 Å². The summed E-state index contributed by atoms with van der Waals surface area (Å²) in [5.41, 5.74) is 0. The average molecular weight is 312 g/mol. The van der Waals surface area contributed by atoms with Gasteiger partial charge in [-0.15, -0.1) is 0 Å². The van der Waals surface area contributed by atoms with Gasteiger partial charge < -0.3 is 22.7 Å². The zero-order valence-corrected chi connectivity index (χ0v) is 16.7. The van der Waals surface area contributed by atoms with E-state index in [0.29, 0.717) is 19.6 Å². The van der Waals surface area contributed by atoms with Crippen molar-refractivity contribution in [3.8, 4) is 0 Å². The number of nitrogens with zero attached hydrogens (tertiary/aromatic N) is 2. The van der Waals surface area contributed by atoms with E-state index in [1.165, 1.54) is 6.92 Å². The Morgan fingerprint density at radius 3 is 2.05 bits per heavy atom. The van der Waals surface area contributed by atoms with Crippen LogP contribution in [0.5, 0.6) is 0 Å². The molecule has 114 valence electrons. The second-order valence-corrected chi connectivity index (χ2v) is 3.85. The van der Waals surface area contributed by atoms with Crippen molar-refractivity contribution < 1.29 is 66.1 Å². The fourth-order valence-corrected chi connectivity index (χ4v) is 1.70. The van der Waals surface area contributed by atoms with E-state index in [1.54, 1.807) is 4.90 Å². The van der Waals surface area contributed by atoms with Gasteiger partial charge in [0, 0.05) is 46.2 Å². The van der Waals surface area contributed by atoms with Gasteiger partial charge >= 0.3 is 51.4 Å². The molecule has 6 nitrogen and oxygen atoms in total. The predicted octanol–water partition coefficient (Wildman–Crippen LogP) is -3.89. The van der Waals surface area contributed by atoms with Gasteiger partial charge in [-0.3, -0.25) is 14.5 Å². The van der Waals surface area contributed by atoms with Gasteiger partial charge in [0.2, 0.25) is 11.8 Å². The van der Waals surface area contributed by atoms with Crippen LogP contribution < -0.4 is 61.8 Å². The maximum absolute atomic E-state index is 11.1. The van der Waals surface area contributed by atoms with Gasteiger partial charge in [0.15, 0.2) is 0 Å². The first-order chi connectivity index (χ1) is 8.63. The van der Waals surface area contributed by atoms with E-state index in [2.05, 4.69) is 10.2 Å². The van der Waals surface area contributed by atoms with Crippen LogP contribution in [-0.2, 0) is 9.59 Å².